The van der Waals surface area contributed by atoms with Gasteiger partial charge in [-0.05, 0) is 36.4 Å². The summed E-state index contributed by atoms with van der Waals surface area (Å²) in [4.78, 5) is 4.40. The molecule has 0 aliphatic carbocycles. The zero-order chi connectivity index (χ0) is 20.2. The van der Waals surface area contributed by atoms with Crippen LogP contribution in [-0.2, 0) is 5.75 Å². The Hall–Kier alpha value is -3.33. The van der Waals surface area contributed by atoms with E-state index in [2.05, 4.69) is 15.2 Å². The fourth-order valence-corrected chi connectivity index (χ4v) is 3.23. The molecule has 2 heterocycles. The van der Waals surface area contributed by atoms with Crippen LogP contribution in [0.4, 0.5) is 4.39 Å². The molecule has 0 atom stereocenters. The largest absolute Gasteiger partial charge is 0.497 e. The van der Waals surface area contributed by atoms with Gasteiger partial charge >= 0.3 is 0 Å². The third-order valence-electron chi connectivity index (χ3n) is 4.03. The van der Waals surface area contributed by atoms with E-state index in [1.165, 1.54) is 23.9 Å². The fraction of sp³-hybridized carbons (Fsp3) is 0.150. The molecule has 0 aliphatic rings. The van der Waals surface area contributed by atoms with Crippen molar-refractivity contribution in [3.05, 3.63) is 60.2 Å². The van der Waals surface area contributed by atoms with Gasteiger partial charge in [0, 0.05) is 17.4 Å². The highest BCUT2D eigenvalue weighted by atomic mass is 32.2. The van der Waals surface area contributed by atoms with Crippen LogP contribution in [0.2, 0.25) is 0 Å². The second-order valence-corrected chi connectivity index (χ2v) is 6.81. The van der Waals surface area contributed by atoms with Gasteiger partial charge in [-0.3, -0.25) is 0 Å². The van der Waals surface area contributed by atoms with Crippen LogP contribution >= 0.6 is 11.8 Å². The molecule has 0 spiro atoms. The van der Waals surface area contributed by atoms with Gasteiger partial charge in [0.05, 0.1) is 25.5 Å². The Kier molecular flexibility index (Phi) is 5.48. The number of hydrogen-bond donors (Lipinski definition) is 0. The van der Waals surface area contributed by atoms with Gasteiger partial charge in [-0.15, -0.1) is 10.2 Å². The first-order chi connectivity index (χ1) is 14.2. The Morgan fingerprint density at radius 1 is 1.00 bits per heavy atom. The number of hydrogen-bond acceptors (Lipinski definition) is 8. The topological polar surface area (TPSA) is 83.4 Å². The molecule has 4 aromatic rings. The first-order valence-electron chi connectivity index (χ1n) is 8.55. The zero-order valence-electron chi connectivity index (χ0n) is 15.6. The molecule has 0 fully saturated rings. The summed E-state index contributed by atoms with van der Waals surface area (Å²) >= 11 is 1.33. The third-order valence-corrected chi connectivity index (χ3v) is 4.88. The van der Waals surface area contributed by atoms with Crippen LogP contribution < -0.4 is 9.47 Å². The third kappa shape index (κ3) is 4.24. The summed E-state index contributed by atoms with van der Waals surface area (Å²) in [6.45, 7) is 0. The van der Waals surface area contributed by atoms with Crippen LogP contribution in [0.15, 0.2) is 62.8 Å². The molecule has 0 saturated heterocycles. The summed E-state index contributed by atoms with van der Waals surface area (Å²) in [5.74, 6) is 2.19. The highest BCUT2D eigenvalue weighted by Gasteiger charge is 2.16. The van der Waals surface area contributed by atoms with Gasteiger partial charge in [-0.25, -0.2) is 9.37 Å². The number of ether oxygens (including phenoxy) is 2. The number of methoxy groups -OCH3 is 2. The summed E-state index contributed by atoms with van der Waals surface area (Å²) in [5, 5.41) is 8.54. The number of aromatic nitrogens is 3. The second-order valence-electron chi connectivity index (χ2n) is 5.88. The average Bonchev–Trinajstić information content (AvgIpc) is 3.42. The van der Waals surface area contributed by atoms with E-state index in [0.717, 1.165) is 0 Å². The van der Waals surface area contributed by atoms with Crippen LogP contribution in [0.1, 0.15) is 5.69 Å². The normalized spacial score (nSPS) is 10.9. The van der Waals surface area contributed by atoms with Crippen molar-refractivity contribution in [2.75, 3.05) is 14.2 Å². The van der Waals surface area contributed by atoms with Crippen molar-refractivity contribution in [1.29, 1.82) is 0 Å². The molecular formula is C20H16FN3O4S. The maximum Gasteiger partial charge on any atom is 0.277 e. The van der Waals surface area contributed by atoms with Crippen molar-refractivity contribution in [2.45, 2.75) is 11.0 Å². The lowest BCUT2D eigenvalue weighted by atomic mass is 10.2. The highest BCUT2D eigenvalue weighted by molar-refractivity contribution is 7.98. The molecule has 0 saturated carbocycles. The van der Waals surface area contributed by atoms with Gasteiger partial charge in [-0.1, -0.05) is 11.8 Å². The lowest BCUT2D eigenvalue weighted by molar-refractivity contribution is 0.393. The fourth-order valence-electron chi connectivity index (χ4n) is 2.59. The van der Waals surface area contributed by atoms with Crippen LogP contribution in [0, 0.1) is 5.82 Å². The van der Waals surface area contributed by atoms with E-state index in [9.17, 15) is 4.39 Å². The van der Waals surface area contributed by atoms with E-state index in [0.29, 0.717) is 51.1 Å². The maximum absolute atomic E-state index is 13.0. The predicted octanol–water partition coefficient (Wildman–Crippen LogP) is 4.84. The summed E-state index contributed by atoms with van der Waals surface area (Å²) < 4.78 is 34.8. The molecule has 0 aliphatic heterocycles. The van der Waals surface area contributed by atoms with Gasteiger partial charge in [0.1, 0.15) is 23.6 Å². The molecule has 2 aromatic carbocycles. The first kappa shape index (κ1) is 19.0. The van der Waals surface area contributed by atoms with Crippen molar-refractivity contribution >= 4 is 11.8 Å². The van der Waals surface area contributed by atoms with Crippen molar-refractivity contribution in [1.82, 2.24) is 15.2 Å². The van der Waals surface area contributed by atoms with Crippen molar-refractivity contribution in [2.24, 2.45) is 0 Å². The van der Waals surface area contributed by atoms with E-state index >= 15 is 0 Å². The number of benzene rings is 2. The molecule has 2 aromatic heterocycles. The Morgan fingerprint density at radius 3 is 2.59 bits per heavy atom. The first-order valence-corrected chi connectivity index (χ1v) is 9.54. The highest BCUT2D eigenvalue weighted by Crippen LogP contribution is 2.34. The molecule has 29 heavy (non-hydrogen) atoms. The molecule has 7 nitrogen and oxygen atoms in total. The molecule has 0 radical (unpaired) electrons. The summed E-state index contributed by atoms with van der Waals surface area (Å²) in [6.07, 6.45) is 1.55. The summed E-state index contributed by atoms with van der Waals surface area (Å²) in [7, 11) is 3.15. The summed E-state index contributed by atoms with van der Waals surface area (Å²) in [5.41, 5.74) is 2.08. The van der Waals surface area contributed by atoms with E-state index in [4.69, 9.17) is 18.3 Å². The van der Waals surface area contributed by atoms with E-state index in [-0.39, 0.29) is 5.82 Å². The Bertz CT molecular complexity index is 1110. The lowest BCUT2D eigenvalue weighted by Crippen LogP contribution is -1.90. The SMILES string of the molecule is COc1ccc(-c2nnc(SCc3coc(-c4ccc(F)cc4)n3)o2)c(OC)c1. The molecule has 0 unspecified atom stereocenters. The molecule has 148 valence electrons. The van der Waals surface area contributed by atoms with Crippen LogP contribution in [-0.4, -0.2) is 29.4 Å². The second kappa shape index (κ2) is 8.36. The van der Waals surface area contributed by atoms with Crippen LogP contribution in [0.25, 0.3) is 22.9 Å². The smallest absolute Gasteiger partial charge is 0.277 e. The Morgan fingerprint density at radius 2 is 1.83 bits per heavy atom. The number of oxazole rings is 1. The van der Waals surface area contributed by atoms with Gasteiger partial charge < -0.3 is 18.3 Å². The van der Waals surface area contributed by atoms with Crippen molar-refractivity contribution in [3.8, 4) is 34.4 Å². The zero-order valence-corrected chi connectivity index (χ0v) is 16.4. The number of halogens is 1. The Labute approximate surface area is 169 Å². The van der Waals surface area contributed by atoms with E-state index in [1.54, 1.807) is 50.8 Å². The molecule has 9 heteroatoms. The monoisotopic (exact) mass is 413 g/mol. The van der Waals surface area contributed by atoms with Gasteiger partial charge in [-0.2, -0.15) is 0 Å². The number of thioether (sulfide) groups is 1. The van der Waals surface area contributed by atoms with Gasteiger partial charge in [0.2, 0.25) is 5.89 Å². The molecule has 0 amide bonds. The minimum absolute atomic E-state index is 0.309. The summed E-state index contributed by atoms with van der Waals surface area (Å²) in [6, 6.07) is 11.3. The number of nitrogens with zero attached hydrogens (tertiary/aromatic N) is 3. The average molecular weight is 413 g/mol. The standard InChI is InChI=1S/C20H16FN3O4S/c1-25-15-7-8-16(17(9-15)26-2)19-23-24-20(28-19)29-11-14-10-27-18(22-14)12-3-5-13(21)6-4-12/h3-10H,11H2,1-2H3. The molecular weight excluding hydrogens is 397 g/mol. The predicted molar refractivity (Wildman–Crippen MR) is 104 cm³/mol. The van der Waals surface area contributed by atoms with Crippen molar-refractivity contribution < 1.29 is 22.7 Å². The Balaban J connectivity index is 1.45. The van der Waals surface area contributed by atoms with E-state index < -0.39 is 0 Å². The van der Waals surface area contributed by atoms with Crippen LogP contribution in [0.5, 0.6) is 11.5 Å². The molecule has 0 bridgehead atoms. The maximum atomic E-state index is 13.0. The van der Waals surface area contributed by atoms with Gasteiger partial charge in [0.15, 0.2) is 0 Å². The number of rotatable bonds is 7. The van der Waals surface area contributed by atoms with Crippen LogP contribution in [0.3, 0.4) is 0 Å². The van der Waals surface area contributed by atoms with E-state index in [1.807, 2.05) is 0 Å². The minimum atomic E-state index is -0.309. The molecule has 0 N–H and O–H groups in total. The quantitative estimate of drug-likeness (QED) is 0.398. The lowest BCUT2D eigenvalue weighted by Gasteiger charge is -2.07. The minimum Gasteiger partial charge on any atom is -0.497 e. The van der Waals surface area contributed by atoms with Gasteiger partial charge in [0.25, 0.3) is 11.1 Å². The molecule has 4 rings (SSSR count). The van der Waals surface area contributed by atoms with Crippen molar-refractivity contribution in [3.63, 3.8) is 0 Å².